The first kappa shape index (κ1) is 26.8. The van der Waals surface area contributed by atoms with E-state index < -0.39 is 0 Å². The summed E-state index contributed by atoms with van der Waals surface area (Å²) in [5.74, 6) is 5.15. The summed E-state index contributed by atoms with van der Waals surface area (Å²) in [5.41, 5.74) is 1.31. The van der Waals surface area contributed by atoms with Crippen LogP contribution in [0, 0.1) is 63.1 Å². The second-order valence-corrected chi connectivity index (χ2v) is 14.8. The van der Waals surface area contributed by atoms with E-state index in [1.807, 2.05) is 14.0 Å². The molecule has 0 aromatic rings. The van der Waals surface area contributed by atoms with Crippen LogP contribution in [0.3, 0.4) is 0 Å². The van der Waals surface area contributed by atoms with E-state index >= 15 is 0 Å². The van der Waals surface area contributed by atoms with E-state index in [1.54, 1.807) is 0 Å². The van der Waals surface area contributed by atoms with Crippen LogP contribution in [0.2, 0.25) is 0 Å². The molecule has 3 heteroatoms. The first-order chi connectivity index (χ1) is 17.0. The van der Waals surface area contributed by atoms with Gasteiger partial charge in [-0.1, -0.05) is 53.7 Å². The van der Waals surface area contributed by atoms with Crippen LogP contribution in [0.1, 0.15) is 106 Å². The molecule has 11 atom stereocenters. The Bertz CT molecular complexity index is 878. The van der Waals surface area contributed by atoms with Gasteiger partial charge in [0.1, 0.15) is 0 Å². The number of carbonyl (C=O) groups excluding carboxylic acids is 1. The molecular formula is C33H54O3. The fourth-order valence-corrected chi connectivity index (χ4v) is 11.0. The Hall–Kier alpha value is -0.830. The fraction of sp³-hybridized carbons (Fsp3) is 0.909. The highest BCUT2D eigenvalue weighted by atomic mass is 16.5. The number of hydrogen-bond donors (Lipinski definition) is 0. The SMILES string of the molecule is CCOC(=O)C[C@@](C)(/C=C/[C@@H](C)[C@H]1CC[C@H]2[C@@H]3C[C@@H](OC)[C@@]45C[C@@H]4CC[C@]5(C)[C@H]3CC[C@]12C)C(C)C. The lowest BCUT2D eigenvalue weighted by Crippen LogP contribution is -2.57. The van der Waals surface area contributed by atoms with Crippen molar-refractivity contribution < 1.29 is 14.3 Å². The maximum Gasteiger partial charge on any atom is 0.306 e. The summed E-state index contributed by atoms with van der Waals surface area (Å²) >= 11 is 0. The fourth-order valence-electron chi connectivity index (χ4n) is 11.0. The Morgan fingerprint density at radius 3 is 2.47 bits per heavy atom. The van der Waals surface area contributed by atoms with Crippen molar-refractivity contribution in [2.24, 2.45) is 63.1 Å². The normalized spacial score (nSPS) is 47.6. The van der Waals surface area contributed by atoms with Gasteiger partial charge in [0.25, 0.3) is 0 Å². The Labute approximate surface area is 221 Å². The summed E-state index contributed by atoms with van der Waals surface area (Å²) in [5, 5.41) is 0. The molecule has 0 aromatic carbocycles. The van der Waals surface area contributed by atoms with Crippen molar-refractivity contribution in [1.29, 1.82) is 0 Å². The summed E-state index contributed by atoms with van der Waals surface area (Å²) in [6.45, 7) is 16.8. The Kier molecular flexibility index (Phi) is 6.79. The molecule has 0 radical (unpaired) electrons. The van der Waals surface area contributed by atoms with Crippen molar-refractivity contribution >= 4 is 5.97 Å². The van der Waals surface area contributed by atoms with Gasteiger partial charge in [-0.15, -0.1) is 0 Å². The molecule has 5 aliphatic carbocycles. The van der Waals surface area contributed by atoms with Gasteiger partial charge < -0.3 is 9.47 Å². The molecule has 0 aliphatic heterocycles. The number of rotatable bonds is 8. The Morgan fingerprint density at radius 1 is 1.08 bits per heavy atom. The Balaban J connectivity index is 1.34. The van der Waals surface area contributed by atoms with Gasteiger partial charge in [-0.05, 0) is 116 Å². The number of ether oxygens (including phenoxy) is 2. The van der Waals surface area contributed by atoms with Gasteiger partial charge in [0.05, 0.1) is 19.1 Å². The molecule has 0 saturated heterocycles. The standard InChI is InChI=1S/C33H54O3/c1-9-36-29(34)20-30(5,21(2)3)15-12-22(4)25-10-11-26-24-18-28(35-8)33-19-23(33)13-17-32(33,7)27(24)14-16-31(25,26)6/h12,15,21-28H,9-11,13-14,16-20H2,1-8H3/b15-12+/t22-,23+,24+,25-,26+,27+,28-,30-,31-,32-,33-/m1/s1. The van der Waals surface area contributed by atoms with E-state index in [-0.39, 0.29) is 11.4 Å². The third-order valence-electron chi connectivity index (χ3n) is 13.5. The topological polar surface area (TPSA) is 35.5 Å². The van der Waals surface area contributed by atoms with Gasteiger partial charge in [0.2, 0.25) is 0 Å². The van der Waals surface area contributed by atoms with E-state index in [0.717, 1.165) is 29.6 Å². The highest BCUT2D eigenvalue weighted by Crippen LogP contribution is 2.82. The third kappa shape index (κ3) is 3.71. The van der Waals surface area contributed by atoms with Crippen LogP contribution in [-0.2, 0) is 14.3 Å². The number of fused-ring (bicyclic) bond motifs is 4. The second-order valence-electron chi connectivity index (χ2n) is 14.8. The number of allylic oxidation sites excluding steroid dienone is 2. The number of carbonyl (C=O) groups is 1. The molecule has 0 heterocycles. The van der Waals surface area contributed by atoms with Gasteiger partial charge in [-0.3, -0.25) is 4.79 Å². The van der Waals surface area contributed by atoms with Crippen molar-refractivity contribution in [3.63, 3.8) is 0 Å². The van der Waals surface area contributed by atoms with Crippen molar-refractivity contribution in [2.45, 2.75) is 112 Å². The van der Waals surface area contributed by atoms with E-state index in [0.29, 0.717) is 47.2 Å². The molecule has 0 N–H and O–H groups in total. The minimum Gasteiger partial charge on any atom is -0.466 e. The largest absolute Gasteiger partial charge is 0.466 e. The lowest BCUT2D eigenvalue weighted by Gasteiger charge is -2.61. The number of esters is 1. The third-order valence-corrected chi connectivity index (χ3v) is 13.5. The van der Waals surface area contributed by atoms with Crippen molar-refractivity contribution in [2.75, 3.05) is 13.7 Å². The maximum absolute atomic E-state index is 12.4. The highest BCUT2D eigenvalue weighted by Gasteiger charge is 2.77. The first-order valence-corrected chi connectivity index (χ1v) is 15.3. The van der Waals surface area contributed by atoms with Gasteiger partial charge >= 0.3 is 5.97 Å². The lowest BCUT2D eigenvalue weighted by atomic mass is 9.45. The molecule has 204 valence electrons. The minimum absolute atomic E-state index is 0.0710. The lowest BCUT2D eigenvalue weighted by molar-refractivity contribution is -0.160. The molecule has 0 unspecified atom stereocenters. The summed E-state index contributed by atoms with van der Waals surface area (Å²) in [7, 11) is 2.00. The van der Waals surface area contributed by atoms with Crippen LogP contribution in [0.5, 0.6) is 0 Å². The van der Waals surface area contributed by atoms with Gasteiger partial charge in [-0.2, -0.15) is 0 Å². The molecule has 5 fully saturated rings. The average Bonchev–Trinajstić information content (AvgIpc) is 3.33. The molecule has 5 rings (SSSR count). The average molecular weight is 499 g/mol. The summed E-state index contributed by atoms with van der Waals surface area (Å²) in [6, 6.07) is 0. The number of methoxy groups -OCH3 is 1. The summed E-state index contributed by atoms with van der Waals surface area (Å²) < 4.78 is 11.6. The molecule has 0 amide bonds. The van der Waals surface area contributed by atoms with Crippen LogP contribution in [0.4, 0.5) is 0 Å². The monoisotopic (exact) mass is 498 g/mol. The van der Waals surface area contributed by atoms with E-state index in [2.05, 4.69) is 53.7 Å². The van der Waals surface area contributed by atoms with Gasteiger partial charge in [0.15, 0.2) is 0 Å². The predicted octanol–water partition coefficient (Wildman–Crippen LogP) is 8.08. The van der Waals surface area contributed by atoms with Crippen LogP contribution < -0.4 is 0 Å². The van der Waals surface area contributed by atoms with E-state index in [9.17, 15) is 4.79 Å². The summed E-state index contributed by atoms with van der Waals surface area (Å²) in [6.07, 6.45) is 17.0. The summed E-state index contributed by atoms with van der Waals surface area (Å²) in [4.78, 5) is 12.4. The van der Waals surface area contributed by atoms with Gasteiger partial charge in [-0.25, -0.2) is 0 Å². The van der Waals surface area contributed by atoms with Crippen LogP contribution in [0.15, 0.2) is 12.2 Å². The van der Waals surface area contributed by atoms with Crippen molar-refractivity contribution in [3.8, 4) is 0 Å². The smallest absolute Gasteiger partial charge is 0.306 e. The van der Waals surface area contributed by atoms with Crippen LogP contribution >= 0.6 is 0 Å². The molecule has 36 heavy (non-hydrogen) atoms. The van der Waals surface area contributed by atoms with Crippen molar-refractivity contribution in [3.05, 3.63) is 12.2 Å². The number of hydrogen-bond acceptors (Lipinski definition) is 3. The molecule has 0 aromatic heterocycles. The molecule has 0 bridgehead atoms. The molecule has 5 aliphatic rings. The molecule has 5 saturated carbocycles. The molecule has 1 spiro atoms. The zero-order valence-corrected chi connectivity index (χ0v) is 24.6. The zero-order valence-electron chi connectivity index (χ0n) is 24.6. The van der Waals surface area contributed by atoms with E-state index in [1.165, 1.54) is 51.4 Å². The van der Waals surface area contributed by atoms with Gasteiger partial charge in [0, 0.05) is 12.5 Å². The van der Waals surface area contributed by atoms with Crippen molar-refractivity contribution in [1.82, 2.24) is 0 Å². The minimum atomic E-state index is -0.154. The quantitative estimate of drug-likeness (QED) is 0.251. The van der Waals surface area contributed by atoms with E-state index in [4.69, 9.17) is 9.47 Å². The molecule has 3 nitrogen and oxygen atoms in total. The Morgan fingerprint density at radius 2 is 1.83 bits per heavy atom. The first-order valence-electron chi connectivity index (χ1n) is 15.3. The maximum atomic E-state index is 12.4. The predicted molar refractivity (Wildman–Crippen MR) is 146 cm³/mol. The highest BCUT2D eigenvalue weighted by molar-refractivity contribution is 5.70. The zero-order chi connectivity index (χ0) is 26.1. The van der Waals surface area contributed by atoms with Crippen LogP contribution in [0.25, 0.3) is 0 Å². The van der Waals surface area contributed by atoms with Crippen LogP contribution in [-0.4, -0.2) is 25.8 Å². The second kappa shape index (κ2) is 9.13. The molecular weight excluding hydrogens is 444 g/mol.